The number of halogens is 2. The summed E-state index contributed by atoms with van der Waals surface area (Å²) in [4.78, 5) is 12.9. The van der Waals surface area contributed by atoms with Crippen molar-refractivity contribution in [2.75, 3.05) is 0 Å². The summed E-state index contributed by atoms with van der Waals surface area (Å²) in [5.74, 6) is 0. The van der Waals surface area contributed by atoms with Gasteiger partial charge in [0.05, 0.1) is 5.69 Å². The maximum atomic E-state index is 10.3. The van der Waals surface area contributed by atoms with Crippen LogP contribution in [0, 0.1) is 0 Å². The number of carbonyl (C=O) groups excluding carboxylic acids is 1. The summed E-state index contributed by atoms with van der Waals surface area (Å²) in [6.07, 6.45) is 0. The number of carbonyl (C=O) groups is 1. The molecule has 1 rings (SSSR count). The van der Waals surface area contributed by atoms with Crippen LogP contribution in [0.15, 0.2) is 12.1 Å². The summed E-state index contributed by atoms with van der Waals surface area (Å²) in [7, 11) is 0. The minimum atomic E-state index is -0.526. The molecule has 1 aromatic heterocycles. The lowest BCUT2D eigenvalue weighted by molar-refractivity contribution is 0.107. The van der Waals surface area contributed by atoms with Crippen LogP contribution < -0.4 is 0 Å². The Balaban J connectivity index is 2.98. The van der Waals surface area contributed by atoms with Crippen molar-refractivity contribution >= 4 is 28.4 Å². The normalized spacial score (nSPS) is 9.56. The van der Waals surface area contributed by atoms with Crippen molar-refractivity contribution < 1.29 is 4.79 Å². The second-order valence-corrected chi connectivity index (χ2v) is 2.24. The zero-order valence-corrected chi connectivity index (χ0v) is 5.83. The van der Waals surface area contributed by atoms with Crippen LogP contribution in [0.2, 0.25) is 5.15 Å². The standard InChI is InChI=1S/C5H3Cl2NO/c6-4-2-1-3(8-4)5(7)9/h1-2,8H. The zero-order valence-electron chi connectivity index (χ0n) is 4.32. The summed E-state index contributed by atoms with van der Waals surface area (Å²) in [5.41, 5.74) is 0.321. The molecule has 1 aromatic rings. The van der Waals surface area contributed by atoms with Gasteiger partial charge < -0.3 is 4.98 Å². The Morgan fingerprint density at radius 3 is 2.44 bits per heavy atom. The highest BCUT2D eigenvalue weighted by molar-refractivity contribution is 6.67. The molecule has 0 spiro atoms. The van der Waals surface area contributed by atoms with Crippen LogP contribution >= 0.6 is 23.2 Å². The van der Waals surface area contributed by atoms with Crippen LogP contribution in [0.5, 0.6) is 0 Å². The van der Waals surface area contributed by atoms with E-state index >= 15 is 0 Å². The number of H-pyrrole nitrogens is 1. The lowest BCUT2D eigenvalue weighted by Gasteiger charge is -1.81. The SMILES string of the molecule is O=C(Cl)c1ccc(Cl)[nH]1. The van der Waals surface area contributed by atoms with Crippen molar-refractivity contribution in [3.63, 3.8) is 0 Å². The first-order valence-corrected chi connectivity index (χ1v) is 3.00. The molecule has 0 aromatic carbocycles. The first kappa shape index (κ1) is 6.65. The monoisotopic (exact) mass is 163 g/mol. The van der Waals surface area contributed by atoms with Crippen LogP contribution in [-0.4, -0.2) is 10.2 Å². The van der Waals surface area contributed by atoms with Crippen molar-refractivity contribution in [2.24, 2.45) is 0 Å². The second-order valence-electron chi connectivity index (χ2n) is 1.49. The average Bonchev–Trinajstić information content (AvgIpc) is 2.14. The highest BCUT2D eigenvalue weighted by atomic mass is 35.5. The van der Waals surface area contributed by atoms with Gasteiger partial charge in [-0.25, -0.2) is 0 Å². The molecule has 0 aliphatic heterocycles. The summed E-state index contributed by atoms with van der Waals surface area (Å²) >= 11 is 10.5. The summed E-state index contributed by atoms with van der Waals surface area (Å²) in [6.45, 7) is 0. The van der Waals surface area contributed by atoms with Gasteiger partial charge in [0.1, 0.15) is 5.15 Å². The van der Waals surface area contributed by atoms with Gasteiger partial charge in [-0.1, -0.05) is 11.6 Å². The van der Waals surface area contributed by atoms with Gasteiger partial charge in [-0.2, -0.15) is 0 Å². The van der Waals surface area contributed by atoms with E-state index in [-0.39, 0.29) is 0 Å². The molecule has 0 saturated carbocycles. The van der Waals surface area contributed by atoms with Crippen LogP contribution in [0.25, 0.3) is 0 Å². The zero-order chi connectivity index (χ0) is 6.85. The van der Waals surface area contributed by atoms with E-state index in [4.69, 9.17) is 23.2 Å². The van der Waals surface area contributed by atoms with Gasteiger partial charge in [0.15, 0.2) is 0 Å². The summed E-state index contributed by atoms with van der Waals surface area (Å²) in [5, 5.41) is -0.110. The highest BCUT2D eigenvalue weighted by Crippen LogP contribution is 2.08. The Bertz CT molecular complexity index is 231. The maximum absolute atomic E-state index is 10.3. The van der Waals surface area contributed by atoms with Crippen molar-refractivity contribution in [1.29, 1.82) is 0 Å². The molecule has 0 aliphatic rings. The quantitative estimate of drug-likeness (QED) is 0.633. The fourth-order valence-corrected chi connectivity index (χ4v) is 0.758. The minimum absolute atomic E-state index is 0.321. The molecule has 9 heavy (non-hydrogen) atoms. The molecular formula is C5H3Cl2NO. The average molecular weight is 164 g/mol. The number of hydrogen-bond acceptors (Lipinski definition) is 1. The van der Waals surface area contributed by atoms with Gasteiger partial charge in [0.25, 0.3) is 5.24 Å². The number of hydrogen-bond donors (Lipinski definition) is 1. The molecule has 1 N–H and O–H groups in total. The molecule has 0 bridgehead atoms. The van der Waals surface area contributed by atoms with E-state index in [9.17, 15) is 4.79 Å². The van der Waals surface area contributed by atoms with Crippen LogP contribution in [-0.2, 0) is 0 Å². The number of rotatable bonds is 1. The largest absolute Gasteiger partial charge is 0.342 e. The lowest BCUT2D eigenvalue weighted by atomic mass is 10.5. The van der Waals surface area contributed by atoms with Crippen LogP contribution in [0.4, 0.5) is 0 Å². The van der Waals surface area contributed by atoms with Gasteiger partial charge in [-0.3, -0.25) is 4.79 Å². The Kier molecular flexibility index (Phi) is 1.78. The second kappa shape index (κ2) is 2.42. The third kappa shape index (κ3) is 1.47. The van der Waals surface area contributed by atoms with Crippen molar-refractivity contribution in [3.8, 4) is 0 Å². The van der Waals surface area contributed by atoms with E-state index < -0.39 is 5.24 Å². The Morgan fingerprint density at radius 1 is 1.56 bits per heavy atom. The van der Waals surface area contributed by atoms with E-state index in [0.29, 0.717) is 10.8 Å². The fraction of sp³-hybridized carbons (Fsp3) is 0. The van der Waals surface area contributed by atoms with Crippen LogP contribution in [0.1, 0.15) is 10.5 Å². The van der Waals surface area contributed by atoms with E-state index in [1.54, 1.807) is 6.07 Å². The molecule has 0 aliphatic carbocycles. The van der Waals surface area contributed by atoms with Crippen molar-refractivity contribution in [2.45, 2.75) is 0 Å². The third-order valence-corrected chi connectivity index (χ3v) is 1.29. The number of aromatic nitrogens is 1. The molecule has 1 heterocycles. The first-order chi connectivity index (χ1) is 4.20. The van der Waals surface area contributed by atoms with E-state index in [1.807, 2.05) is 0 Å². The first-order valence-electron chi connectivity index (χ1n) is 2.24. The van der Waals surface area contributed by atoms with Gasteiger partial charge in [0, 0.05) is 0 Å². The molecule has 0 unspecified atom stereocenters. The predicted molar refractivity (Wildman–Crippen MR) is 36.0 cm³/mol. The predicted octanol–water partition coefficient (Wildman–Crippen LogP) is 2.05. The lowest BCUT2D eigenvalue weighted by Crippen LogP contribution is -1.85. The fourth-order valence-electron chi connectivity index (χ4n) is 0.483. The Labute approximate surface area is 61.8 Å². The molecule has 0 radical (unpaired) electrons. The van der Waals surface area contributed by atoms with Gasteiger partial charge in [-0.15, -0.1) is 0 Å². The summed E-state index contributed by atoms with van der Waals surface area (Å²) < 4.78 is 0. The Hall–Kier alpha value is -0.470. The smallest absolute Gasteiger partial charge is 0.268 e. The van der Waals surface area contributed by atoms with Crippen LogP contribution in [0.3, 0.4) is 0 Å². The number of nitrogens with one attached hydrogen (secondary N) is 1. The van der Waals surface area contributed by atoms with E-state index in [2.05, 4.69) is 4.98 Å². The Morgan fingerprint density at radius 2 is 2.22 bits per heavy atom. The molecule has 48 valence electrons. The third-order valence-electron chi connectivity index (χ3n) is 0.862. The summed E-state index contributed by atoms with van der Waals surface area (Å²) in [6, 6.07) is 3.09. The van der Waals surface area contributed by atoms with Gasteiger partial charge >= 0.3 is 0 Å². The molecule has 0 fully saturated rings. The molecule has 0 saturated heterocycles. The molecule has 2 nitrogen and oxygen atoms in total. The van der Waals surface area contributed by atoms with E-state index in [0.717, 1.165) is 0 Å². The topological polar surface area (TPSA) is 32.9 Å². The van der Waals surface area contributed by atoms with Gasteiger partial charge in [-0.05, 0) is 23.7 Å². The highest BCUT2D eigenvalue weighted by Gasteiger charge is 2.01. The maximum Gasteiger partial charge on any atom is 0.268 e. The minimum Gasteiger partial charge on any atom is -0.342 e. The van der Waals surface area contributed by atoms with Gasteiger partial charge in [0.2, 0.25) is 0 Å². The van der Waals surface area contributed by atoms with Crippen molar-refractivity contribution in [3.05, 3.63) is 23.0 Å². The molecule has 0 atom stereocenters. The molecule has 0 amide bonds. The van der Waals surface area contributed by atoms with E-state index in [1.165, 1.54) is 6.07 Å². The molecule has 4 heteroatoms. The number of aromatic amines is 1. The van der Waals surface area contributed by atoms with Crippen molar-refractivity contribution in [1.82, 2.24) is 4.98 Å². The molecular weight excluding hydrogens is 161 g/mol.